The van der Waals surface area contributed by atoms with Crippen LogP contribution in [0.5, 0.6) is 5.88 Å². The highest BCUT2D eigenvalue weighted by Crippen LogP contribution is 2.24. The first-order valence-corrected chi connectivity index (χ1v) is 9.21. The number of aromatic nitrogens is 2. The summed E-state index contributed by atoms with van der Waals surface area (Å²) < 4.78 is 11.3. The molecule has 1 aromatic rings. The summed E-state index contributed by atoms with van der Waals surface area (Å²) in [6.07, 6.45) is 6.64. The largest absolute Gasteiger partial charge is 0.477 e. The monoisotopic (exact) mass is 334 g/mol. The standard InChI is InChI=1S/C18H30N4O2/c1-4-23-18-10-19-9-17(20-18)22-7-5-16(6-8-22)13-21-11-14(2)24-15(3)12-21/h9-10,14-16H,4-8,11-13H2,1-3H3. The van der Waals surface area contributed by atoms with Gasteiger partial charge in [-0.05, 0) is 39.5 Å². The lowest BCUT2D eigenvalue weighted by Gasteiger charge is -2.39. The third-order valence-corrected chi connectivity index (χ3v) is 4.84. The number of hydrogen-bond acceptors (Lipinski definition) is 6. The molecule has 6 heteroatoms. The van der Waals surface area contributed by atoms with Crippen molar-refractivity contribution in [2.45, 2.75) is 45.8 Å². The Labute approximate surface area is 145 Å². The van der Waals surface area contributed by atoms with Gasteiger partial charge in [0.25, 0.3) is 0 Å². The molecule has 24 heavy (non-hydrogen) atoms. The van der Waals surface area contributed by atoms with Crippen LogP contribution in [0.4, 0.5) is 5.82 Å². The first kappa shape index (κ1) is 17.4. The summed E-state index contributed by atoms with van der Waals surface area (Å²) in [6, 6.07) is 0. The van der Waals surface area contributed by atoms with Gasteiger partial charge in [0.2, 0.25) is 5.88 Å². The van der Waals surface area contributed by atoms with Gasteiger partial charge in [-0.2, -0.15) is 4.98 Å². The Morgan fingerprint density at radius 1 is 1.17 bits per heavy atom. The number of ether oxygens (including phenoxy) is 2. The number of morpholine rings is 1. The van der Waals surface area contributed by atoms with E-state index in [9.17, 15) is 0 Å². The van der Waals surface area contributed by atoms with Crippen molar-refractivity contribution in [1.29, 1.82) is 0 Å². The van der Waals surface area contributed by atoms with Crippen molar-refractivity contribution < 1.29 is 9.47 Å². The first-order valence-electron chi connectivity index (χ1n) is 9.21. The fourth-order valence-corrected chi connectivity index (χ4v) is 3.85. The summed E-state index contributed by atoms with van der Waals surface area (Å²) in [7, 11) is 0. The minimum Gasteiger partial charge on any atom is -0.477 e. The SMILES string of the molecule is CCOc1cncc(N2CCC(CN3CC(C)OC(C)C3)CC2)n1. The molecule has 2 atom stereocenters. The molecule has 0 aliphatic carbocycles. The molecule has 0 N–H and O–H groups in total. The summed E-state index contributed by atoms with van der Waals surface area (Å²) >= 11 is 0. The second-order valence-corrected chi connectivity index (χ2v) is 7.05. The van der Waals surface area contributed by atoms with Crippen LogP contribution in [0.1, 0.15) is 33.6 Å². The fourth-order valence-electron chi connectivity index (χ4n) is 3.85. The molecular weight excluding hydrogens is 304 g/mol. The van der Waals surface area contributed by atoms with E-state index < -0.39 is 0 Å². The highest BCUT2D eigenvalue weighted by Gasteiger charge is 2.27. The Balaban J connectivity index is 1.49. The van der Waals surface area contributed by atoms with E-state index in [1.54, 1.807) is 6.20 Å². The molecule has 0 radical (unpaired) electrons. The summed E-state index contributed by atoms with van der Waals surface area (Å²) in [5.41, 5.74) is 0. The third-order valence-electron chi connectivity index (χ3n) is 4.84. The molecule has 0 saturated carbocycles. The van der Waals surface area contributed by atoms with Gasteiger partial charge in [0.05, 0.1) is 31.2 Å². The van der Waals surface area contributed by atoms with E-state index in [0.29, 0.717) is 24.7 Å². The van der Waals surface area contributed by atoms with E-state index in [1.807, 2.05) is 13.1 Å². The Morgan fingerprint density at radius 3 is 2.54 bits per heavy atom. The molecule has 6 nitrogen and oxygen atoms in total. The lowest BCUT2D eigenvalue weighted by molar-refractivity contribution is -0.0720. The minimum atomic E-state index is 0.352. The van der Waals surface area contributed by atoms with Crippen LogP contribution < -0.4 is 9.64 Å². The van der Waals surface area contributed by atoms with E-state index in [1.165, 1.54) is 19.4 Å². The van der Waals surface area contributed by atoms with E-state index in [2.05, 4.69) is 33.6 Å². The first-order chi connectivity index (χ1) is 11.6. The molecule has 0 aromatic carbocycles. The number of nitrogens with zero attached hydrogens (tertiary/aromatic N) is 4. The van der Waals surface area contributed by atoms with Crippen LogP contribution in [0.2, 0.25) is 0 Å². The third kappa shape index (κ3) is 4.57. The maximum atomic E-state index is 5.83. The molecule has 2 aliphatic heterocycles. The van der Waals surface area contributed by atoms with Gasteiger partial charge in [0.1, 0.15) is 0 Å². The predicted octanol–water partition coefficient (Wildman–Crippen LogP) is 2.20. The van der Waals surface area contributed by atoms with Crippen LogP contribution in [-0.2, 0) is 4.74 Å². The molecule has 2 unspecified atom stereocenters. The van der Waals surface area contributed by atoms with Gasteiger partial charge in [-0.15, -0.1) is 0 Å². The van der Waals surface area contributed by atoms with Gasteiger partial charge in [-0.3, -0.25) is 9.88 Å². The Morgan fingerprint density at radius 2 is 1.88 bits per heavy atom. The van der Waals surface area contributed by atoms with Crippen LogP contribution in [0.3, 0.4) is 0 Å². The Hall–Kier alpha value is -1.40. The number of piperidine rings is 1. The maximum absolute atomic E-state index is 5.83. The van der Waals surface area contributed by atoms with Crippen molar-refractivity contribution in [3.63, 3.8) is 0 Å². The minimum absolute atomic E-state index is 0.352. The summed E-state index contributed by atoms with van der Waals surface area (Å²) in [5, 5.41) is 0. The average Bonchev–Trinajstić information content (AvgIpc) is 2.55. The zero-order valence-corrected chi connectivity index (χ0v) is 15.1. The van der Waals surface area contributed by atoms with Crippen LogP contribution >= 0.6 is 0 Å². The zero-order chi connectivity index (χ0) is 16.9. The van der Waals surface area contributed by atoms with Gasteiger partial charge in [-0.1, -0.05) is 0 Å². The van der Waals surface area contributed by atoms with Crippen LogP contribution in [0.15, 0.2) is 12.4 Å². The second kappa shape index (κ2) is 8.12. The molecule has 1 aromatic heterocycles. The molecular formula is C18H30N4O2. The normalized spacial score (nSPS) is 26.5. The van der Waals surface area contributed by atoms with Crippen molar-refractivity contribution >= 4 is 5.82 Å². The van der Waals surface area contributed by atoms with Crippen LogP contribution in [-0.4, -0.2) is 66.4 Å². The molecule has 0 amide bonds. The van der Waals surface area contributed by atoms with Crippen molar-refractivity contribution in [3.8, 4) is 5.88 Å². The van der Waals surface area contributed by atoms with Gasteiger partial charge in [0, 0.05) is 32.7 Å². The fraction of sp³-hybridized carbons (Fsp3) is 0.778. The molecule has 2 aliphatic rings. The zero-order valence-electron chi connectivity index (χ0n) is 15.1. The molecule has 0 spiro atoms. The number of hydrogen-bond donors (Lipinski definition) is 0. The van der Waals surface area contributed by atoms with Gasteiger partial charge < -0.3 is 14.4 Å². The van der Waals surface area contributed by atoms with Crippen molar-refractivity contribution in [2.24, 2.45) is 5.92 Å². The van der Waals surface area contributed by atoms with Crippen molar-refractivity contribution in [3.05, 3.63) is 12.4 Å². The lowest BCUT2D eigenvalue weighted by atomic mass is 9.95. The highest BCUT2D eigenvalue weighted by molar-refractivity contribution is 5.38. The quantitative estimate of drug-likeness (QED) is 0.823. The predicted molar refractivity (Wildman–Crippen MR) is 94.6 cm³/mol. The van der Waals surface area contributed by atoms with Crippen molar-refractivity contribution in [2.75, 3.05) is 44.2 Å². The van der Waals surface area contributed by atoms with Crippen LogP contribution in [0.25, 0.3) is 0 Å². The van der Waals surface area contributed by atoms with E-state index in [-0.39, 0.29) is 0 Å². The van der Waals surface area contributed by atoms with E-state index in [0.717, 1.165) is 37.9 Å². The van der Waals surface area contributed by atoms with E-state index >= 15 is 0 Å². The van der Waals surface area contributed by atoms with Gasteiger partial charge in [0.15, 0.2) is 5.82 Å². The summed E-state index contributed by atoms with van der Waals surface area (Å²) in [6.45, 7) is 12.3. The number of anilines is 1. The summed E-state index contributed by atoms with van der Waals surface area (Å²) in [4.78, 5) is 13.7. The lowest BCUT2D eigenvalue weighted by Crippen LogP contribution is -2.48. The average molecular weight is 334 g/mol. The number of rotatable bonds is 5. The van der Waals surface area contributed by atoms with Crippen LogP contribution in [0, 0.1) is 5.92 Å². The molecule has 3 heterocycles. The van der Waals surface area contributed by atoms with Gasteiger partial charge in [-0.25, -0.2) is 0 Å². The molecule has 2 fully saturated rings. The van der Waals surface area contributed by atoms with Crippen molar-refractivity contribution in [1.82, 2.24) is 14.9 Å². The molecule has 2 saturated heterocycles. The highest BCUT2D eigenvalue weighted by atomic mass is 16.5. The molecule has 3 rings (SSSR count). The smallest absolute Gasteiger partial charge is 0.234 e. The van der Waals surface area contributed by atoms with Gasteiger partial charge >= 0.3 is 0 Å². The second-order valence-electron chi connectivity index (χ2n) is 7.05. The molecule has 134 valence electrons. The Kier molecular flexibility index (Phi) is 5.89. The van der Waals surface area contributed by atoms with E-state index in [4.69, 9.17) is 9.47 Å². The maximum Gasteiger partial charge on any atom is 0.234 e. The topological polar surface area (TPSA) is 50.7 Å². The Bertz CT molecular complexity index is 509. The summed E-state index contributed by atoms with van der Waals surface area (Å²) in [5.74, 6) is 2.32. The molecule has 0 bridgehead atoms.